The number of nitrogens with zero attached hydrogens (tertiary/aromatic N) is 3. The second kappa shape index (κ2) is 9.23. The third-order valence-electron chi connectivity index (χ3n) is 6.07. The Morgan fingerprint density at radius 1 is 1.11 bits per heavy atom. The number of hydrogen-bond donors (Lipinski definition) is 1. The van der Waals surface area contributed by atoms with Crippen molar-refractivity contribution in [3.05, 3.63) is 70.7 Å². The third kappa shape index (κ3) is 5.48. The van der Waals surface area contributed by atoms with Crippen molar-refractivity contribution in [3.63, 3.8) is 0 Å². The van der Waals surface area contributed by atoms with Crippen molar-refractivity contribution in [1.82, 2.24) is 15.1 Å². The van der Waals surface area contributed by atoms with Gasteiger partial charge in [0.15, 0.2) is 0 Å². The van der Waals surface area contributed by atoms with Crippen LogP contribution in [0.5, 0.6) is 0 Å². The summed E-state index contributed by atoms with van der Waals surface area (Å²) in [6.07, 6.45) is -4.26. The molecule has 0 bridgehead atoms. The Balaban J connectivity index is 1.51. The van der Waals surface area contributed by atoms with Crippen molar-refractivity contribution in [2.45, 2.75) is 57.0 Å². The van der Waals surface area contributed by atoms with Crippen molar-refractivity contribution < 1.29 is 27.8 Å². The number of cyclic esters (lactones) is 1. The van der Waals surface area contributed by atoms with Gasteiger partial charge in [0.1, 0.15) is 10.6 Å². The third-order valence-corrected chi connectivity index (χ3v) is 7.08. The number of amides is 1. The molecule has 186 valence electrons. The molecule has 1 N–H and O–H groups in total. The Hall–Kier alpha value is -2.98. The van der Waals surface area contributed by atoms with Crippen molar-refractivity contribution in [1.29, 1.82) is 0 Å². The molecular formula is C25H26F3N3O3S. The first kappa shape index (κ1) is 25.1. The molecule has 2 heterocycles. The Morgan fingerprint density at radius 2 is 1.77 bits per heavy atom. The zero-order valence-electron chi connectivity index (χ0n) is 19.5. The van der Waals surface area contributed by atoms with E-state index < -0.39 is 28.5 Å². The van der Waals surface area contributed by atoms with Crippen LogP contribution in [0.4, 0.5) is 18.0 Å². The number of carbonyl (C=O) groups excluding carboxylic acids is 1. The highest BCUT2D eigenvalue weighted by molar-refractivity contribution is 7.14. The van der Waals surface area contributed by atoms with E-state index in [1.807, 2.05) is 37.3 Å². The van der Waals surface area contributed by atoms with E-state index >= 15 is 0 Å². The standard InChI is InChI=1S/C25H26F3N3O3S/c1-16(17-9-11-18(12-10-17)20-29-30-21(35-20)25(26,27)28)31-14-13-24(34-22(31)32,15-23(2,3)33)19-7-5-4-6-8-19/h4-12,16,33H,13-15H2,1-3H3. The van der Waals surface area contributed by atoms with Gasteiger partial charge in [0, 0.05) is 24.9 Å². The van der Waals surface area contributed by atoms with Gasteiger partial charge >= 0.3 is 12.3 Å². The Bertz CT molecular complexity index is 1180. The minimum Gasteiger partial charge on any atom is -0.438 e. The Kier molecular flexibility index (Phi) is 6.63. The van der Waals surface area contributed by atoms with E-state index in [0.29, 0.717) is 29.9 Å². The number of ether oxygens (including phenoxy) is 1. The number of hydrogen-bond acceptors (Lipinski definition) is 6. The lowest BCUT2D eigenvalue weighted by atomic mass is 9.80. The average molecular weight is 506 g/mol. The molecule has 35 heavy (non-hydrogen) atoms. The van der Waals surface area contributed by atoms with Crippen LogP contribution in [0.1, 0.15) is 55.8 Å². The van der Waals surface area contributed by atoms with Gasteiger partial charge in [-0.25, -0.2) is 4.79 Å². The Morgan fingerprint density at radius 3 is 2.31 bits per heavy atom. The summed E-state index contributed by atoms with van der Waals surface area (Å²) in [6.45, 7) is 5.67. The summed E-state index contributed by atoms with van der Waals surface area (Å²) in [5.41, 5.74) is 0.174. The summed E-state index contributed by atoms with van der Waals surface area (Å²) in [4.78, 5) is 14.8. The van der Waals surface area contributed by atoms with Gasteiger partial charge in [-0.05, 0) is 31.9 Å². The molecule has 2 aromatic carbocycles. The number of rotatable bonds is 6. The summed E-state index contributed by atoms with van der Waals surface area (Å²) in [5, 5.41) is 16.6. The zero-order chi connectivity index (χ0) is 25.4. The Labute approximate surface area is 205 Å². The fourth-order valence-electron chi connectivity index (χ4n) is 4.43. The molecule has 1 saturated heterocycles. The molecule has 1 aliphatic rings. The first-order chi connectivity index (χ1) is 16.4. The predicted molar refractivity (Wildman–Crippen MR) is 126 cm³/mol. The molecule has 0 spiro atoms. The molecule has 0 saturated carbocycles. The van der Waals surface area contributed by atoms with Crippen LogP contribution in [-0.4, -0.2) is 38.4 Å². The van der Waals surface area contributed by atoms with Crippen molar-refractivity contribution in [3.8, 4) is 10.6 Å². The molecule has 10 heteroatoms. The van der Waals surface area contributed by atoms with Crippen molar-refractivity contribution in [2.75, 3.05) is 6.54 Å². The van der Waals surface area contributed by atoms with Crippen LogP contribution in [0.15, 0.2) is 54.6 Å². The summed E-state index contributed by atoms with van der Waals surface area (Å²) in [6, 6.07) is 16.0. The predicted octanol–water partition coefficient (Wildman–Crippen LogP) is 6.18. The smallest absolute Gasteiger partial charge is 0.438 e. The molecule has 0 radical (unpaired) electrons. The number of aliphatic hydroxyl groups is 1. The van der Waals surface area contributed by atoms with Crippen LogP contribution in [0.3, 0.4) is 0 Å². The summed E-state index contributed by atoms with van der Waals surface area (Å²) in [5.74, 6) is 0. The highest BCUT2D eigenvalue weighted by Gasteiger charge is 2.46. The van der Waals surface area contributed by atoms with E-state index in [-0.39, 0.29) is 17.5 Å². The molecule has 6 nitrogen and oxygen atoms in total. The normalized spacial score (nSPS) is 20.0. The molecule has 4 rings (SSSR count). The van der Waals surface area contributed by atoms with Crippen molar-refractivity contribution >= 4 is 17.4 Å². The molecule has 2 unspecified atom stereocenters. The number of aromatic nitrogens is 2. The monoisotopic (exact) mass is 505 g/mol. The van der Waals surface area contributed by atoms with Gasteiger partial charge in [0.2, 0.25) is 5.01 Å². The SMILES string of the molecule is CC(c1ccc(-c2nnc(C(F)(F)F)s2)cc1)N1CCC(CC(C)(C)O)(c2ccccc2)OC1=O. The van der Waals surface area contributed by atoms with Crippen LogP contribution in [0.25, 0.3) is 10.6 Å². The molecule has 1 aliphatic heterocycles. The van der Waals surface area contributed by atoms with Gasteiger partial charge in [-0.15, -0.1) is 10.2 Å². The molecule has 2 atom stereocenters. The maximum absolute atomic E-state index is 13.2. The lowest BCUT2D eigenvalue weighted by Crippen LogP contribution is -2.51. The topological polar surface area (TPSA) is 75.6 Å². The van der Waals surface area contributed by atoms with Gasteiger partial charge < -0.3 is 14.7 Å². The number of halogens is 3. The van der Waals surface area contributed by atoms with E-state index in [0.717, 1.165) is 11.1 Å². The highest BCUT2D eigenvalue weighted by atomic mass is 32.1. The lowest BCUT2D eigenvalue weighted by Gasteiger charge is -2.45. The largest absolute Gasteiger partial charge is 0.445 e. The maximum atomic E-state index is 13.2. The van der Waals surface area contributed by atoms with E-state index in [1.165, 1.54) is 0 Å². The van der Waals surface area contributed by atoms with Crippen LogP contribution >= 0.6 is 11.3 Å². The molecular weight excluding hydrogens is 479 g/mol. The number of carbonyl (C=O) groups is 1. The first-order valence-electron chi connectivity index (χ1n) is 11.2. The van der Waals surface area contributed by atoms with Gasteiger partial charge in [0.25, 0.3) is 0 Å². The fraction of sp³-hybridized carbons (Fsp3) is 0.400. The fourth-order valence-corrected chi connectivity index (χ4v) is 5.15. The molecule has 1 amide bonds. The average Bonchev–Trinajstić information content (AvgIpc) is 3.29. The minimum atomic E-state index is -4.53. The van der Waals surface area contributed by atoms with Gasteiger partial charge in [0.05, 0.1) is 11.6 Å². The van der Waals surface area contributed by atoms with Gasteiger partial charge in [-0.2, -0.15) is 13.2 Å². The van der Waals surface area contributed by atoms with Crippen LogP contribution in [0.2, 0.25) is 0 Å². The molecule has 1 fully saturated rings. The van der Waals surface area contributed by atoms with Crippen molar-refractivity contribution in [2.24, 2.45) is 0 Å². The summed E-state index contributed by atoms with van der Waals surface area (Å²) < 4.78 is 44.5. The highest BCUT2D eigenvalue weighted by Crippen LogP contribution is 2.42. The van der Waals surface area contributed by atoms with E-state index in [4.69, 9.17) is 4.74 Å². The van der Waals surface area contributed by atoms with E-state index in [1.54, 1.807) is 43.0 Å². The minimum absolute atomic E-state index is 0.174. The van der Waals surface area contributed by atoms with Gasteiger partial charge in [-0.1, -0.05) is 65.9 Å². The van der Waals surface area contributed by atoms with E-state index in [2.05, 4.69) is 10.2 Å². The lowest BCUT2D eigenvalue weighted by molar-refractivity contribution is -0.138. The van der Waals surface area contributed by atoms with Crippen LogP contribution in [-0.2, 0) is 16.5 Å². The first-order valence-corrected chi connectivity index (χ1v) is 12.0. The molecule has 1 aromatic heterocycles. The number of alkyl halides is 3. The van der Waals surface area contributed by atoms with Gasteiger partial charge in [-0.3, -0.25) is 0 Å². The summed E-state index contributed by atoms with van der Waals surface area (Å²) in [7, 11) is 0. The maximum Gasteiger partial charge on any atom is 0.445 e. The quantitative estimate of drug-likeness (QED) is 0.433. The van der Waals surface area contributed by atoms with Crippen LogP contribution < -0.4 is 0 Å². The zero-order valence-corrected chi connectivity index (χ0v) is 20.4. The van der Waals surface area contributed by atoms with E-state index in [9.17, 15) is 23.1 Å². The van der Waals surface area contributed by atoms with Crippen LogP contribution in [0, 0.1) is 0 Å². The second-order valence-electron chi connectivity index (χ2n) is 9.37. The molecule has 0 aliphatic carbocycles. The molecule has 3 aromatic rings. The number of benzene rings is 2. The summed E-state index contributed by atoms with van der Waals surface area (Å²) >= 11 is 0.485. The second-order valence-corrected chi connectivity index (χ2v) is 10.3.